The smallest absolute Gasteiger partial charge is 0.251 e. The van der Waals surface area contributed by atoms with Gasteiger partial charge in [-0.05, 0) is 19.3 Å². The summed E-state index contributed by atoms with van der Waals surface area (Å²) in [6, 6.07) is 0. The third-order valence-corrected chi connectivity index (χ3v) is 12.1. The van der Waals surface area contributed by atoms with E-state index in [-0.39, 0.29) is 58.8 Å². The van der Waals surface area contributed by atoms with Gasteiger partial charge in [-0.3, -0.25) is 9.59 Å². The molecule has 2 saturated heterocycles. The lowest BCUT2D eigenvalue weighted by atomic mass is 9.93. The number of rotatable bonds is 36. The van der Waals surface area contributed by atoms with Gasteiger partial charge < -0.3 is 106 Å². The molecule has 8 unspecified atom stereocenters. The number of carbonyl (C=O) groups excluding carboxylic acids is 2. The van der Waals surface area contributed by atoms with Crippen LogP contribution in [-0.4, -0.2) is 270 Å². The molecule has 2 heterocycles. The zero-order chi connectivity index (χ0) is 50.1. The van der Waals surface area contributed by atoms with Crippen molar-refractivity contribution in [2.75, 3.05) is 139 Å². The first-order valence-corrected chi connectivity index (χ1v) is 22.2. The van der Waals surface area contributed by atoms with Crippen LogP contribution in [0.3, 0.4) is 0 Å². The average Bonchev–Trinajstić information content (AvgIpc) is 3.33. The summed E-state index contributed by atoms with van der Waals surface area (Å²) in [6.07, 6.45) is -15.0. The number of hydrogen-bond acceptors (Lipinski definition) is 22. The summed E-state index contributed by atoms with van der Waals surface area (Å²) in [5.41, 5.74) is 0. The second-order valence-corrected chi connectivity index (χ2v) is 15.8. The first-order valence-electron chi connectivity index (χ1n) is 22.2. The summed E-state index contributed by atoms with van der Waals surface area (Å²) in [7, 11) is 18.8. The molecule has 24 heteroatoms. The Bertz CT molecular complexity index is 1220. The van der Waals surface area contributed by atoms with Crippen LogP contribution < -0.4 is 10.6 Å². The number of ether oxygens (including phenoxy) is 17. The third-order valence-electron chi connectivity index (χ3n) is 12.1. The molecule has 0 bridgehead atoms. The van der Waals surface area contributed by atoms with E-state index in [9.17, 15) is 24.9 Å². The van der Waals surface area contributed by atoms with Crippen LogP contribution in [0.1, 0.15) is 19.3 Å². The summed E-state index contributed by atoms with van der Waals surface area (Å²) >= 11 is 0. The molecule has 2 aliphatic rings. The van der Waals surface area contributed by atoms with Gasteiger partial charge in [-0.25, -0.2) is 0 Å². The Balaban J connectivity index is 2.26. The molecule has 24 nitrogen and oxygen atoms in total. The summed E-state index contributed by atoms with van der Waals surface area (Å²) in [6.45, 7) is -0.608. The first kappa shape index (κ1) is 61.3. The van der Waals surface area contributed by atoms with Gasteiger partial charge in [-0.1, -0.05) is 0 Å². The van der Waals surface area contributed by atoms with Crippen molar-refractivity contribution in [3.05, 3.63) is 0 Å². The van der Waals surface area contributed by atoms with Crippen molar-refractivity contribution in [3.8, 4) is 0 Å². The number of amides is 2. The minimum atomic E-state index is -1.28. The molecule has 5 N–H and O–H groups in total. The summed E-state index contributed by atoms with van der Waals surface area (Å²) in [5, 5.41) is 36.0. The lowest BCUT2D eigenvalue weighted by Gasteiger charge is -2.47. The van der Waals surface area contributed by atoms with E-state index in [1.807, 2.05) is 0 Å². The third kappa shape index (κ3) is 16.6. The van der Waals surface area contributed by atoms with Crippen LogP contribution in [0.15, 0.2) is 0 Å². The number of methoxy groups -OCH3 is 13. The van der Waals surface area contributed by atoms with E-state index in [1.165, 1.54) is 92.4 Å². The van der Waals surface area contributed by atoms with Gasteiger partial charge in [0, 0.05) is 125 Å². The van der Waals surface area contributed by atoms with Crippen LogP contribution in [-0.2, 0) is 90.1 Å². The van der Waals surface area contributed by atoms with Gasteiger partial charge in [0.25, 0.3) is 11.8 Å². The Morgan fingerprint density at radius 3 is 1.37 bits per heavy atom. The topological polar surface area (TPSA) is 276 Å². The second kappa shape index (κ2) is 33.7. The van der Waals surface area contributed by atoms with Gasteiger partial charge in [-0.2, -0.15) is 0 Å². The van der Waals surface area contributed by atoms with E-state index in [4.69, 9.17) is 80.5 Å². The van der Waals surface area contributed by atoms with Gasteiger partial charge in [0.15, 0.2) is 24.8 Å². The van der Waals surface area contributed by atoms with Crippen molar-refractivity contribution in [3.63, 3.8) is 0 Å². The Morgan fingerprint density at radius 1 is 0.522 bits per heavy atom. The standard InChI is InChI=1S/C43H82N2O22/c1-51-22-24(21-48)28(66-42-38(62-12)33(57-7)29(54-4)26(64-42)16-20-47)32(56-6)36(60-10)40(49)44-17-14-18-45-41(50)37(61-11)35(59-9)31(25(53-3)15-19-46)67-43-39(63-13)34(58-8)30(55-5)27(65-43)23-52-2/h24-39,42-43,46-48H,14-23H2,1-13H3,(H,44,49)(H,45,50)/t24?,25?,26?,27-,28-,29+,30-,31+,32?,33?,34?,35+,36+,37-,38?,39?,42+,43-/m0/s1. The highest BCUT2D eigenvalue weighted by molar-refractivity contribution is 5.82. The minimum Gasteiger partial charge on any atom is -0.396 e. The fourth-order valence-corrected chi connectivity index (χ4v) is 8.74. The van der Waals surface area contributed by atoms with E-state index < -0.39 is 128 Å². The zero-order valence-electron chi connectivity index (χ0n) is 41.6. The van der Waals surface area contributed by atoms with Crippen molar-refractivity contribution < 1.29 is 105 Å². The molecule has 0 aliphatic carbocycles. The molecule has 0 aromatic carbocycles. The number of hydrogen-bond donors (Lipinski definition) is 5. The normalized spacial score (nSPS) is 29.3. The number of aliphatic hydroxyl groups excluding tert-OH is 3. The van der Waals surface area contributed by atoms with Crippen LogP contribution in [0.25, 0.3) is 0 Å². The van der Waals surface area contributed by atoms with Gasteiger partial charge in [0.05, 0.1) is 38.1 Å². The molecule has 0 aromatic heterocycles. The second-order valence-electron chi connectivity index (χ2n) is 15.8. The highest BCUT2D eigenvalue weighted by atomic mass is 16.7. The summed E-state index contributed by atoms with van der Waals surface area (Å²) in [4.78, 5) is 27.7. The Morgan fingerprint density at radius 2 is 0.985 bits per heavy atom. The molecule has 18 atom stereocenters. The maximum absolute atomic E-state index is 13.8. The van der Waals surface area contributed by atoms with Gasteiger partial charge in [0.1, 0.15) is 61.0 Å². The summed E-state index contributed by atoms with van der Waals surface area (Å²) < 4.78 is 99.9. The average molecular weight is 979 g/mol. The Labute approximate surface area is 395 Å². The van der Waals surface area contributed by atoms with Crippen molar-refractivity contribution in [2.24, 2.45) is 5.92 Å². The predicted octanol–water partition coefficient (Wildman–Crippen LogP) is -2.34. The molecule has 0 spiro atoms. The molecular weight excluding hydrogens is 896 g/mol. The van der Waals surface area contributed by atoms with Gasteiger partial charge in [0.2, 0.25) is 0 Å². The first-order chi connectivity index (χ1) is 32.4. The number of carbonyl (C=O) groups is 2. The molecular formula is C43H82N2O22. The van der Waals surface area contributed by atoms with Crippen molar-refractivity contribution in [1.29, 1.82) is 0 Å². The van der Waals surface area contributed by atoms with Crippen molar-refractivity contribution in [1.82, 2.24) is 10.6 Å². The highest BCUT2D eigenvalue weighted by Crippen LogP contribution is 2.34. The monoisotopic (exact) mass is 979 g/mol. The fraction of sp³-hybridized carbons (Fsp3) is 0.953. The lowest BCUT2D eigenvalue weighted by Crippen LogP contribution is -2.63. The van der Waals surface area contributed by atoms with E-state index in [1.54, 1.807) is 0 Å². The number of nitrogens with one attached hydrogen (secondary N) is 2. The van der Waals surface area contributed by atoms with E-state index in [2.05, 4.69) is 10.6 Å². The lowest BCUT2D eigenvalue weighted by molar-refractivity contribution is -0.337. The molecule has 2 amide bonds. The predicted molar refractivity (Wildman–Crippen MR) is 234 cm³/mol. The van der Waals surface area contributed by atoms with Crippen LogP contribution in [0.4, 0.5) is 0 Å². The molecule has 2 fully saturated rings. The van der Waals surface area contributed by atoms with E-state index in [0.717, 1.165) is 0 Å². The molecule has 2 rings (SSSR count). The maximum atomic E-state index is 13.8. The SMILES string of the molecule is COCC(CO)[C@H](O[C@H]1OC(CCO)[C@@H](OC)C(OC)C1OC)C(OC)[C@@H](OC)C(=O)NCCCNC(=O)[C@@H](OC)[C@H](OC)[C@H](O[C@@H]1O[C@@H](COC)[C@H](OC)C(OC)C1OC)C(CCO)OC. The zero-order valence-corrected chi connectivity index (χ0v) is 41.6. The van der Waals surface area contributed by atoms with Gasteiger partial charge in [-0.15, -0.1) is 0 Å². The summed E-state index contributed by atoms with van der Waals surface area (Å²) in [5.74, 6) is -1.89. The van der Waals surface area contributed by atoms with Crippen LogP contribution in [0, 0.1) is 5.92 Å². The van der Waals surface area contributed by atoms with Crippen molar-refractivity contribution in [2.45, 2.75) is 123 Å². The molecule has 2 aliphatic heterocycles. The maximum Gasteiger partial charge on any atom is 0.251 e. The molecule has 67 heavy (non-hydrogen) atoms. The molecule has 0 aromatic rings. The molecule has 0 radical (unpaired) electrons. The molecule has 0 saturated carbocycles. The largest absolute Gasteiger partial charge is 0.396 e. The van der Waals surface area contributed by atoms with E-state index in [0.29, 0.717) is 0 Å². The highest BCUT2D eigenvalue weighted by Gasteiger charge is 2.52. The van der Waals surface area contributed by atoms with Crippen LogP contribution >= 0.6 is 0 Å². The quantitative estimate of drug-likeness (QED) is 0.0412. The van der Waals surface area contributed by atoms with Crippen LogP contribution in [0.2, 0.25) is 0 Å². The minimum absolute atomic E-state index is 0.00439. The Hall–Kier alpha value is -1.86. The molecule has 396 valence electrons. The Kier molecular flexibility index (Phi) is 30.8. The van der Waals surface area contributed by atoms with Crippen molar-refractivity contribution >= 4 is 11.8 Å². The van der Waals surface area contributed by atoms with E-state index >= 15 is 0 Å². The number of aliphatic hydroxyl groups is 3. The fourth-order valence-electron chi connectivity index (χ4n) is 8.74. The van der Waals surface area contributed by atoms with Gasteiger partial charge >= 0.3 is 0 Å². The van der Waals surface area contributed by atoms with Crippen LogP contribution in [0.5, 0.6) is 0 Å².